The van der Waals surface area contributed by atoms with E-state index in [9.17, 15) is 4.79 Å². The number of nitrogens with two attached hydrogens (primary N) is 1. The molecule has 0 radical (unpaired) electrons. The van der Waals surface area contributed by atoms with E-state index >= 15 is 0 Å². The lowest BCUT2D eigenvalue weighted by atomic mass is 10.1. The first-order valence-electron chi connectivity index (χ1n) is 5.66. The fourth-order valence-electron chi connectivity index (χ4n) is 2.10. The van der Waals surface area contributed by atoms with Crippen molar-refractivity contribution in [3.05, 3.63) is 28.4 Å². The Balaban J connectivity index is 2.18. The van der Waals surface area contributed by atoms with Crippen molar-refractivity contribution >= 4 is 0 Å². The van der Waals surface area contributed by atoms with Gasteiger partial charge in [-0.3, -0.25) is 4.79 Å². The minimum atomic E-state index is -0.202. The van der Waals surface area contributed by atoms with Crippen molar-refractivity contribution in [2.75, 3.05) is 20.1 Å². The van der Waals surface area contributed by atoms with Gasteiger partial charge in [-0.2, -0.15) is 4.98 Å². The molecule has 2 rings (SSSR count). The van der Waals surface area contributed by atoms with Crippen LogP contribution in [-0.2, 0) is 6.54 Å². The highest BCUT2D eigenvalue weighted by atomic mass is 16.1. The number of aromatic nitrogens is 2. The van der Waals surface area contributed by atoms with Crippen LogP contribution in [0.2, 0.25) is 0 Å². The predicted octanol–water partition coefficient (Wildman–Crippen LogP) is -0.0313. The molecular formula is C11H18N4O. The van der Waals surface area contributed by atoms with E-state index in [1.807, 2.05) is 10.8 Å². The van der Waals surface area contributed by atoms with Crippen molar-refractivity contribution in [2.24, 2.45) is 5.73 Å². The lowest BCUT2D eigenvalue weighted by Gasteiger charge is -2.30. The van der Waals surface area contributed by atoms with Gasteiger partial charge in [-0.15, -0.1) is 0 Å². The van der Waals surface area contributed by atoms with Crippen LogP contribution in [0.15, 0.2) is 17.3 Å². The monoisotopic (exact) mass is 222 g/mol. The van der Waals surface area contributed by atoms with Gasteiger partial charge < -0.3 is 15.2 Å². The fraction of sp³-hybridized carbons (Fsp3) is 0.636. The SMILES string of the molecule is CN1CCC(n2cnc(=O)c(CN)c2)CC1. The zero-order valence-electron chi connectivity index (χ0n) is 9.59. The molecule has 1 saturated heterocycles. The van der Waals surface area contributed by atoms with E-state index in [-0.39, 0.29) is 12.1 Å². The minimum Gasteiger partial charge on any atom is -0.335 e. The molecule has 0 aromatic carbocycles. The summed E-state index contributed by atoms with van der Waals surface area (Å²) in [6, 6.07) is 0.453. The summed E-state index contributed by atoms with van der Waals surface area (Å²) in [6.07, 6.45) is 5.69. The van der Waals surface area contributed by atoms with E-state index in [0.29, 0.717) is 11.6 Å². The van der Waals surface area contributed by atoms with E-state index in [1.54, 1.807) is 6.33 Å². The first-order chi connectivity index (χ1) is 7.70. The highest BCUT2D eigenvalue weighted by molar-refractivity contribution is 5.04. The Morgan fingerprint density at radius 1 is 1.50 bits per heavy atom. The Morgan fingerprint density at radius 3 is 2.81 bits per heavy atom. The predicted molar refractivity (Wildman–Crippen MR) is 62.2 cm³/mol. The number of piperidine rings is 1. The third-order valence-electron chi connectivity index (χ3n) is 3.22. The maximum absolute atomic E-state index is 11.3. The molecule has 88 valence electrons. The van der Waals surface area contributed by atoms with Crippen LogP contribution in [0, 0.1) is 0 Å². The molecule has 5 nitrogen and oxygen atoms in total. The van der Waals surface area contributed by atoms with Gasteiger partial charge in [-0.1, -0.05) is 0 Å². The number of nitrogens with zero attached hydrogens (tertiary/aromatic N) is 3. The molecule has 0 aliphatic carbocycles. The van der Waals surface area contributed by atoms with Crippen LogP contribution < -0.4 is 11.3 Å². The second-order valence-electron chi connectivity index (χ2n) is 4.39. The second-order valence-corrected chi connectivity index (χ2v) is 4.39. The van der Waals surface area contributed by atoms with Gasteiger partial charge in [-0.25, -0.2) is 0 Å². The van der Waals surface area contributed by atoms with E-state index < -0.39 is 0 Å². The third kappa shape index (κ3) is 2.31. The quantitative estimate of drug-likeness (QED) is 0.763. The summed E-state index contributed by atoms with van der Waals surface area (Å²) in [4.78, 5) is 17.5. The van der Waals surface area contributed by atoms with Crippen LogP contribution in [-0.4, -0.2) is 34.6 Å². The highest BCUT2D eigenvalue weighted by Gasteiger charge is 2.17. The molecule has 0 atom stereocenters. The van der Waals surface area contributed by atoms with E-state index in [2.05, 4.69) is 16.9 Å². The normalized spacial score (nSPS) is 18.9. The molecule has 0 saturated carbocycles. The van der Waals surface area contributed by atoms with Crippen molar-refractivity contribution in [2.45, 2.75) is 25.4 Å². The van der Waals surface area contributed by atoms with E-state index in [1.165, 1.54) is 0 Å². The van der Waals surface area contributed by atoms with Crippen LogP contribution in [0.4, 0.5) is 0 Å². The van der Waals surface area contributed by atoms with Crippen molar-refractivity contribution in [3.8, 4) is 0 Å². The van der Waals surface area contributed by atoms with Crippen molar-refractivity contribution in [3.63, 3.8) is 0 Å². The maximum Gasteiger partial charge on any atom is 0.277 e. The zero-order valence-corrected chi connectivity index (χ0v) is 9.59. The van der Waals surface area contributed by atoms with E-state index in [0.717, 1.165) is 25.9 Å². The van der Waals surface area contributed by atoms with Gasteiger partial charge in [0.25, 0.3) is 5.56 Å². The summed E-state index contributed by atoms with van der Waals surface area (Å²) in [6.45, 7) is 2.45. The Labute approximate surface area is 94.9 Å². The van der Waals surface area contributed by atoms with E-state index in [4.69, 9.17) is 5.73 Å². The molecule has 0 spiro atoms. The first kappa shape index (κ1) is 11.3. The summed E-state index contributed by atoms with van der Waals surface area (Å²) in [5.41, 5.74) is 5.91. The van der Waals surface area contributed by atoms with Crippen LogP contribution in [0.25, 0.3) is 0 Å². The Bertz CT molecular complexity index is 407. The van der Waals surface area contributed by atoms with Gasteiger partial charge in [0.1, 0.15) is 0 Å². The molecule has 0 amide bonds. The van der Waals surface area contributed by atoms with Crippen molar-refractivity contribution in [1.29, 1.82) is 0 Å². The van der Waals surface area contributed by atoms with Gasteiger partial charge in [0.2, 0.25) is 0 Å². The van der Waals surface area contributed by atoms with Crippen LogP contribution in [0.5, 0.6) is 0 Å². The molecule has 1 aliphatic rings. The molecule has 1 fully saturated rings. The molecule has 1 aliphatic heterocycles. The van der Waals surface area contributed by atoms with Gasteiger partial charge in [0.05, 0.1) is 6.33 Å². The molecule has 1 aromatic heterocycles. The summed E-state index contributed by atoms with van der Waals surface area (Å²) in [7, 11) is 2.13. The topological polar surface area (TPSA) is 64.2 Å². The molecule has 1 aromatic rings. The van der Waals surface area contributed by atoms with Crippen LogP contribution >= 0.6 is 0 Å². The zero-order chi connectivity index (χ0) is 11.5. The van der Waals surface area contributed by atoms with Crippen molar-refractivity contribution in [1.82, 2.24) is 14.5 Å². The van der Waals surface area contributed by atoms with Gasteiger partial charge in [0.15, 0.2) is 0 Å². The van der Waals surface area contributed by atoms with Gasteiger partial charge in [-0.05, 0) is 33.0 Å². The summed E-state index contributed by atoms with van der Waals surface area (Å²) in [5, 5.41) is 0. The number of rotatable bonds is 2. The average Bonchev–Trinajstić information content (AvgIpc) is 2.31. The molecular weight excluding hydrogens is 204 g/mol. The largest absolute Gasteiger partial charge is 0.335 e. The fourth-order valence-corrected chi connectivity index (χ4v) is 2.10. The second kappa shape index (κ2) is 4.76. The lowest BCUT2D eigenvalue weighted by Crippen LogP contribution is -2.32. The van der Waals surface area contributed by atoms with Crippen LogP contribution in [0.1, 0.15) is 24.4 Å². The van der Waals surface area contributed by atoms with Gasteiger partial charge >= 0.3 is 0 Å². The Hall–Kier alpha value is -1.20. The minimum absolute atomic E-state index is 0.202. The Morgan fingerprint density at radius 2 is 2.19 bits per heavy atom. The van der Waals surface area contributed by atoms with Crippen molar-refractivity contribution < 1.29 is 0 Å². The number of hydrogen-bond donors (Lipinski definition) is 1. The molecule has 16 heavy (non-hydrogen) atoms. The molecule has 2 N–H and O–H groups in total. The van der Waals surface area contributed by atoms with Gasteiger partial charge in [0, 0.05) is 24.3 Å². The third-order valence-corrected chi connectivity index (χ3v) is 3.22. The summed E-state index contributed by atoms with van der Waals surface area (Å²) < 4.78 is 2.04. The smallest absolute Gasteiger partial charge is 0.277 e. The molecule has 2 heterocycles. The first-order valence-corrected chi connectivity index (χ1v) is 5.66. The Kier molecular flexibility index (Phi) is 3.36. The molecule has 0 bridgehead atoms. The maximum atomic E-state index is 11.3. The molecule has 0 unspecified atom stereocenters. The highest BCUT2D eigenvalue weighted by Crippen LogP contribution is 2.20. The standard InChI is InChI=1S/C11H18N4O/c1-14-4-2-10(3-5-14)15-7-9(6-12)11(16)13-8-15/h7-8,10H,2-6,12H2,1H3. The lowest BCUT2D eigenvalue weighted by molar-refractivity contribution is 0.219. The summed E-state index contributed by atoms with van der Waals surface area (Å²) >= 11 is 0. The average molecular weight is 222 g/mol. The summed E-state index contributed by atoms with van der Waals surface area (Å²) in [5.74, 6) is 0. The number of hydrogen-bond acceptors (Lipinski definition) is 4. The molecule has 5 heteroatoms. The van der Waals surface area contributed by atoms with Crippen LogP contribution in [0.3, 0.4) is 0 Å². The number of likely N-dealkylation sites (tertiary alicyclic amines) is 1.